The fourth-order valence-corrected chi connectivity index (χ4v) is 1.51. The highest BCUT2D eigenvalue weighted by molar-refractivity contribution is 7.39. The maximum Gasteiger partial charge on any atom is 0.512 e. The zero-order valence-corrected chi connectivity index (χ0v) is 7.89. The van der Waals surface area contributed by atoms with Crippen LogP contribution in [-0.2, 0) is 4.57 Å². The second-order valence-electron chi connectivity index (χ2n) is 2.60. The summed E-state index contributed by atoms with van der Waals surface area (Å²) in [5.41, 5.74) is -0.198. The van der Waals surface area contributed by atoms with Gasteiger partial charge < -0.3 is 0 Å². The predicted molar refractivity (Wildman–Crippen MR) is 48.0 cm³/mol. The van der Waals surface area contributed by atoms with Crippen molar-refractivity contribution in [1.82, 2.24) is 0 Å². The van der Waals surface area contributed by atoms with Gasteiger partial charge >= 0.3 is 8.03 Å². The van der Waals surface area contributed by atoms with E-state index in [9.17, 15) is 4.57 Å². The lowest BCUT2D eigenvalue weighted by atomic mass is 10.1. The quantitative estimate of drug-likeness (QED) is 0.383. The number of hydrogen-bond donors (Lipinski definition) is 1. The first-order valence-corrected chi connectivity index (χ1v) is 5.28. The first-order chi connectivity index (χ1) is 5.22. The van der Waals surface area contributed by atoms with Gasteiger partial charge in [-0.15, -0.1) is 0 Å². The van der Waals surface area contributed by atoms with Crippen LogP contribution >= 0.6 is 8.03 Å². The molecule has 0 rings (SSSR count). The molecule has 0 aliphatic rings. The van der Waals surface area contributed by atoms with E-state index in [1.165, 1.54) is 0 Å². The van der Waals surface area contributed by atoms with Crippen LogP contribution < -0.4 is 0 Å². The number of rotatable bonds is 6. The standard InChI is InChI=1S/C8H15O2P/c1-3-5-6-7-8(4-2)11(9)10/h4,8H,2-3,5-7H2,1H3/p+1. The van der Waals surface area contributed by atoms with Crippen LogP contribution in [0.1, 0.15) is 32.6 Å². The monoisotopic (exact) mass is 175 g/mol. The molecular formula is C8H16O2P+. The van der Waals surface area contributed by atoms with Crippen LogP contribution in [0.3, 0.4) is 0 Å². The van der Waals surface area contributed by atoms with Crippen molar-refractivity contribution in [3.63, 3.8) is 0 Å². The Kier molecular flexibility index (Phi) is 6.39. The smallest absolute Gasteiger partial charge is 0.160 e. The van der Waals surface area contributed by atoms with Crippen molar-refractivity contribution in [3.8, 4) is 0 Å². The summed E-state index contributed by atoms with van der Waals surface area (Å²) in [5, 5.41) is 0. The minimum absolute atomic E-state index is 0.198. The van der Waals surface area contributed by atoms with Gasteiger partial charge in [0.2, 0.25) is 5.66 Å². The highest BCUT2D eigenvalue weighted by Gasteiger charge is 2.23. The first-order valence-electron chi connectivity index (χ1n) is 4.00. The summed E-state index contributed by atoms with van der Waals surface area (Å²) in [6.45, 7) is 5.63. The molecule has 0 radical (unpaired) electrons. The second kappa shape index (κ2) is 6.51. The van der Waals surface area contributed by atoms with Crippen molar-refractivity contribution < 1.29 is 9.46 Å². The van der Waals surface area contributed by atoms with Crippen molar-refractivity contribution >= 4 is 8.03 Å². The van der Waals surface area contributed by atoms with Gasteiger partial charge in [-0.1, -0.05) is 26.3 Å². The Labute approximate surface area is 69.2 Å². The van der Waals surface area contributed by atoms with Gasteiger partial charge in [0.1, 0.15) is 0 Å². The maximum atomic E-state index is 10.6. The van der Waals surface area contributed by atoms with Gasteiger partial charge in [0.25, 0.3) is 0 Å². The SMILES string of the molecule is C=CC(CCCCC)[P+](=O)O. The van der Waals surface area contributed by atoms with Gasteiger partial charge in [0.05, 0.1) is 0 Å². The van der Waals surface area contributed by atoms with E-state index in [1.54, 1.807) is 6.08 Å². The lowest BCUT2D eigenvalue weighted by Crippen LogP contribution is -1.96. The third-order valence-corrected chi connectivity index (χ3v) is 2.70. The molecule has 2 unspecified atom stereocenters. The summed E-state index contributed by atoms with van der Waals surface area (Å²) in [5.74, 6) is 0. The van der Waals surface area contributed by atoms with Gasteiger partial charge in [-0.3, -0.25) is 0 Å². The Hall–Kier alpha value is -0.200. The van der Waals surface area contributed by atoms with Gasteiger partial charge in [0.15, 0.2) is 0 Å². The van der Waals surface area contributed by atoms with E-state index in [-0.39, 0.29) is 5.66 Å². The molecule has 0 fully saturated rings. The molecule has 64 valence electrons. The van der Waals surface area contributed by atoms with E-state index in [0.29, 0.717) is 0 Å². The summed E-state index contributed by atoms with van der Waals surface area (Å²) in [7, 11) is -2.05. The molecule has 0 aliphatic carbocycles. The summed E-state index contributed by atoms with van der Waals surface area (Å²) in [4.78, 5) is 8.75. The van der Waals surface area contributed by atoms with Crippen LogP contribution in [0.5, 0.6) is 0 Å². The lowest BCUT2D eigenvalue weighted by molar-refractivity contribution is 0.490. The first kappa shape index (κ1) is 10.8. The van der Waals surface area contributed by atoms with Crippen LogP contribution in [0.25, 0.3) is 0 Å². The number of allylic oxidation sites excluding steroid dienone is 1. The third-order valence-electron chi connectivity index (χ3n) is 1.66. The Morgan fingerprint density at radius 3 is 2.64 bits per heavy atom. The Bertz CT molecular complexity index is 134. The molecule has 0 spiro atoms. The molecule has 0 aromatic heterocycles. The molecule has 0 saturated heterocycles. The predicted octanol–water partition coefficient (Wildman–Crippen LogP) is 2.86. The number of hydrogen-bond acceptors (Lipinski definition) is 1. The minimum atomic E-state index is -2.05. The molecule has 0 aromatic carbocycles. The van der Waals surface area contributed by atoms with E-state index >= 15 is 0 Å². The highest BCUT2D eigenvalue weighted by Crippen LogP contribution is 2.27. The molecule has 0 amide bonds. The van der Waals surface area contributed by atoms with Crippen molar-refractivity contribution in [2.24, 2.45) is 0 Å². The van der Waals surface area contributed by atoms with Crippen LogP contribution in [0.2, 0.25) is 0 Å². The van der Waals surface area contributed by atoms with Crippen LogP contribution in [0, 0.1) is 0 Å². The van der Waals surface area contributed by atoms with Crippen molar-refractivity contribution in [2.75, 3.05) is 0 Å². The van der Waals surface area contributed by atoms with Crippen molar-refractivity contribution in [2.45, 2.75) is 38.3 Å². The maximum absolute atomic E-state index is 10.6. The molecule has 0 heterocycles. The van der Waals surface area contributed by atoms with Gasteiger partial charge in [-0.25, -0.2) is 0 Å². The fraction of sp³-hybridized carbons (Fsp3) is 0.750. The molecule has 1 N–H and O–H groups in total. The van der Waals surface area contributed by atoms with E-state index < -0.39 is 8.03 Å². The third kappa shape index (κ3) is 5.11. The largest absolute Gasteiger partial charge is 0.512 e. The molecule has 2 nitrogen and oxygen atoms in total. The molecule has 3 heteroatoms. The van der Waals surface area contributed by atoms with Gasteiger partial charge in [-0.2, -0.15) is 4.89 Å². The van der Waals surface area contributed by atoms with Crippen LogP contribution in [0.15, 0.2) is 12.7 Å². The van der Waals surface area contributed by atoms with Gasteiger partial charge in [-0.05, 0) is 17.1 Å². The topological polar surface area (TPSA) is 37.3 Å². The summed E-state index contributed by atoms with van der Waals surface area (Å²) in [6, 6.07) is 0. The van der Waals surface area contributed by atoms with Crippen LogP contribution in [0.4, 0.5) is 0 Å². The molecule has 2 atom stereocenters. The van der Waals surface area contributed by atoms with Gasteiger partial charge in [0, 0.05) is 6.42 Å². The zero-order chi connectivity index (χ0) is 8.69. The second-order valence-corrected chi connectivity index (χ2v) is 3.87. The molecule has 0 saturated carbocycles. The Morgan fingerprint density at radius 2 is 2.27 bits per heavy atom. The van der Waals surface area contributed by atoms with E-state index in [0.717, 1.165) is 25.7 Å². The molecule has 11 heavy (non-hydrogen) atoms. The Morgan fingerprint density at radius 1 is 1.64 bits per heavy atom. The van der Waals surface area contributed by atoms with E-state index in [4.69, 9.17) is 4.89 Å². The van der Waals surface area contributed by atoms with Crippen molar-refractivity contribution in [3.05, 3.63) is 12.7 Å². The molecule has 0 bridgehead atoms. The summed E-state index contributed by atoms with van der Waals surface area (Å²) in [6.07, 6.45) is 5.67. The van der Waals surface area contributed by atoms with Crippen molar-refractivity contribution in [1.29, 1.82) is 0 Å². The van der Waals surface area contributed by atoms with E-state index in [2.05, 4.69) is 13.5 Å². The average molecular weight is 175 g/mol. The number of unbranched alkanes of at least 4 members (excludes halogenated alkanes) is 2. The van der Waals surface area contributed by atoms with E-state index in [1.807, 2.05) is 0 Å². The molecule has 0 aliphatic heterocycles. The normalized spacial score (nSPS) is 14.2. The molecule has 0 aromatic rings. The average Bonchev–Trinajstić information content (AvgIpc) is 1.97. The lowest BCUT2D eigenvalue weighted by Gasteiger charge is -1.96. The fourth-order valence-electron chi connectivity index (χ4n) is 0.922. The minimum Gasteiger partial charge on any atom is -0.160 e. The zero-order valence-electron chi connectivity index (χ0n) is 6.99. The van der Waals surface area contributed by atoms with Crippen LogP contribution in [-0.4, -0.2) is 10.6 Å². The summed E-state index contributed by atoms with van der Waals surface area (Å²) < 4.78 is 10.6. The Balaban J connectivity index is 3.52. The molecular weight excluding hydrogens is 159 g/mol. The highest BCUT2D eigenvalue weighted by atomic mass is 31.1. The summed E-state index contributed by atoms with van der Waals surface area (Å²) >= 11 is 0.